The molecule has 3 nitrogen and oxygen atoms in total. The van der Waals surface area contributed by atoms with Crippen molar-refractivity contribution < 1.29 is 5.11 Å². The lowest BCUT2D eigenvalue weighted by molar-refractivity contribution is -0.000394. The first-order valence-corrected chi connectivity index (χ1v) is 3.73. The molecule has 0 aliphatic carbocycles. The molecule has 1 fully saturated rings. The van der Waals surface area contributed by atoms with Gasteiger partial charge in [0, 0.05) is 26.2 Å². The van der Waals surface area contributed by atoms with Gasteiger partial charge in [-0.1, -0.05) is 0 Å². The summed E-state index contributed by atoms with van der Waals surface area (Å²) in [4.78, 5) is 4.41. The van der Waals surface area contributed by atoms with Gasteiger partial charge in [0.1, 0.15) is 0 Å². The van der Waals surface area contributed by atoms with Crippen LogP contribution in [-0.2, 0) is 0 Å². The number of hydrogen-bond donors (Lipinski definition) is 1. The second-order valence-electron chi connectivity index (χ2n) is 3.22. The number of β-amino-alcohol motifs (C(OH)–C–C–N with tert-alkyl or cyclic N) is 1. The number of likely N-dealkylation sites (tertiary alicyclic amines) is 1. The standard InChI is InChI=1S/C7H16N2O/c1-8(2)3-4-9-5-7(10)6-9/h7,10H,3-6H2,1-2H3. The Bertz CT molecular complexity index is 99.8. The first-order chi connectivity index (χ1) is 4.68. The van der Waals surface area contributed by atoms with Crippen LogP contribution in [0.1, 0.15) is 0 Å². The molecule has 10 heavy (non-hydrogen) atoms. The van der Waals surface area contributed by atoms with Crippen molar-refractivity contribution >= 4 is 0 Å². The number of nitrogens with zero attached hydrogens (tertiary/aromatic N) is 2. The monoisotopic (exact) mass is 144 g/mol. The fourth-order valence-corrected chi connectivity index (χ4v) is 1.07. The molecule has 0 aromatic carbocycles. The number of aliphatic hydroxyl groups is 1. The van der Waals surface area contributed by atoms with E-state index in [2.05, 4.69) is 23.9 Å². The van der Waals surface area contributed by atoms with Gasteiger partial charge >= 0.3 is 0 Å². The Morgan fingerprint density at radius 3 is 2.50 bits per heavy atom. The van der Waals surface area contributed by atoms with Gasteiger partial charge in [0.15, 0.2) is 0 Å². The molecule has 0 aromatic heterocycles. The maximum atomic E-state index is 8.93. The lowest BCUT2D eigenvalue weighted by atomic mass is 10.2. The highest BCUT2D eigenvalue weighted by molar-refractivity contribution is 4.78. The van der Waals surface area contributed by atoms with E-state index in [9.17, 15) is 0 Å². The first kappa shape index (κ1) is 7.98. The normalized spacial score (nSPS) is 21.6. The van der Waals surface area contributed by atoms with Crippen LogP contribution < -0.4 is 0 Å². The Balaban J connectivity index is 1.95. The molecule has 0 saturated carbocycles. The van der Waals surface area contributed by atoms with Gasteiger partial charge in [0.25, 0.3) is 0 Å². The van der Waals surface area contributed by atoms with Crippen LogP contribution in [0.15, 0.2) is 0 Å². The van der Waals surface area contributed by atoms with E-state index in [0.29, 0.717) is 0 Å². The van der Waals surface area contributed by atoms with E-state index in [-0.39, 0.29) is 6.10 Å². The van der Waals surface area contributed by atoms with Gasteiger partial charge in [-0.25, -0.2) is 0 Å². The zero-order valence-electron chi connectivity index (χ0n) is 6.75. The Kier molecular flexibility index (Phi) is 2.65. The van der Waals surface area contributed by atoms with Crippen molar-refractivity contribution in [3.05, 3.63) is 0 Å². The van der Waals surface area contributed by atoms with E-state index >= 15 is 0 Å². The summed E-state index contributed by atoms with van der Waals surface area (Å²) in [5, 5.41) is 8.93. The largest absolute Gasteiger partial charge is 0.390 e. The molecule has 0 amide bonds. The van der Waals surface area contributed by atoms with E-state index < -0.39 is 0 Å². The van der Waals surface area contributed by atoms with Crippen LogP contribution >= 0.6 is 0 Å². The van der Waals surface area contributed by atoms with Crippen molar-refractivity contribution in [2.24, 2.45) is 0 Å². The van der Waals surface area contributed by atoms with E-state index in [4.69, 9.17) is 5.11 Å². The Labute approximate surface area is 62.2 Å². The molecule has 0 aromatic rings. The summed E-state index contributed by atoms with van der Waals surface area (Å²) in [6.07, 6.45) is -0.0536. The van der Waals surface area contributed by atoms with E-state index in [1.165, 1.54) is 0 Å². The summed E-state index contributed by atoms with van der Waals surface area (Å²) >= 11 is 0. The highest BCUT2D eigenvalue weighted by atomic mass is 16.3. The molecule has 1 rings (SSSR count). The molecule has 1 heterocycles. The summed E-state index contributed by atoms with van der Waals surface area (Å²) in [6.45, 7) is 3.92. The van der Waals surface area contributed by atoms with Gasteiger partial charge in [-0.15, -0.1) is 0 Å². The van der Waals surface area contributed by atoms with Gasteiger partial charge in [-0.05, 0) is 14.1 Å². The minimum atomic E-state index is -0.0536. The predicted octanol–water partition coefficient (Wildman–Crippen LogP) is -0.775. The molecule has 60 valence electrons. The SMILES string of the molecule is CN(C)CCN1CC(O)C1. The summed E-state index contributed by atoms with van der Waals surface area (Å²) in [5.41, 5.74) is 0. The average molecular weight is 144 g/mol. The fraction of sp³-hybridized carbons (Fsp3) is 1.00. The van der Waals surface area contributed by atoms with Gasteiger partial charge in [-0.2, -0.15) is 0 Å². The predicted molar refractivity (Wildman–Crippen MR) is 41.0 cm³/mol. The van der Waals surface area contributed by atoms with Gasteiger partial charge in [-0.3, -0.25) is 4.90 Å². The Morgan fingerprint density at radius 1 is 1.50 bits per heavy atom. The van der Waals surface area contributed by atoms with E-state index in [0.717, 1.165) is 26.2 Å². The second-order valence-corrected chi connectivity index (χ2v) is 3.22. The lowest BCUT2D eigenvalue weighted by Gasteiger charge is -2.36. The molecule has 0 unspecified atom stereocenters. The highest BCUT2D eigenvalue weighted by Crippen LogP contribution is 2.05. The number of rotatable bonds is 3. The third-order valence-corrected chi connectivity index (χ3v) is 1.80. The van der Waals surface area contributed by atoms with Gasteiger partial charge in [0.05, 0.1) is 6.10 Å². The number of aliphatic hydroxyl groups excluding tert-OH is 1. The Hall–Kier alpha value is -0.120. The maximum absolute atomic E-state index is 8.93. The molecular weight excluding hydrogens is 128 g/mol. The molecule has 1 aliphatic rings. The maximum Gasteiger partial charge on any atom is 0.0793 e. The quantitative estimate of drug-likeness (QED) is 0.563. The van der Waals surface area contributed by atoms with Crippen LogP contribution in [-0.4, -0.2) is 61.3 Å². The zero-order chi connectivity index (χ0) is 7.56. The topological polar surface area (TPSA) is 26.7 Å². The highest BCUT2D eigenvalue weighted by Gasteiger charge is 2.23. The molecule has 0 bridgehead atoms. The van der Waals surface area contributed by atoms with Crippen molar-refractivity contribution in [3.8, 4) is 0 Å². The summed E-state index contributed by atoms with van der Waals surface area (Å²) in [6, 6.07) is 0. The van der Waals surface area contributed by atoms with Crippen LogP contribution in [0, 0.1) is 0 Å². The fourth-order valence-electron chi connectivity index (χ4n) is 1.07. The summed E-state index contributed by atoms with van der Waals surface area (Å²) in [5.74, 6) is 0. The minimum Gasteiger partial charge on any atom is -0.390 e. The van der Waals surface area contributed by atoms with Gasteiger partial charge in [0.2, 0.25) is 0 Å². The van der Waals surface area contributed by atoms with Gasteiger partial charge < -0.3 is 10.0 Å². The Morgan fingerprint density at radius 2 is 2.10 bits per heavy atom. The third-order valence-electron chi connectivity index (χ3n) is 1.80. The summed E-state index contributed by atoms with van der Waals surface area (Å²) in [7, 11) is 4.13. The van der Waals surface area contributed by atoms with Crippen molar-refractivity contribution in [1.29, 1.82) is 0 Å². The molecular formula is C7H16N2O. The van der Waals surface area contributed by atoms with Crippen molar-refractivity contribution in [2.75, 3.05) is 40.3 Å². The van der Waals surface area contributed by atoms with Crippen LogP contribution in [0.3, 0.4) is 0 Å². The summed E-state index contributed by atoms with van der Waals surface area (Å²) < 4.78 is 0. The molecule has 0 atom stereocenters. The number of likely N-dealkylation sites (N-methyl/N-ethyl adjacent to an activating group) is 1. The van der Waals surface area contributed by atoms with Crippen LogP contribution in [0.2, 0.25) is 0 Å². The lowest BCUT2D eigenvalue weighted by Crippen LogP contribution is -2.52. The van der Waals surface area contributed by atoms with Crippen LogP contribution in [0.25, 0.3) is 0 Å². The van der Waals surface area contributed by atoms with Crippen molar-refractivity contribution in [3.63, 3.8) is 0 Å². The third kappa shape index (κ3) is 2.25. The van der Waals surface area contributed by atoms with Crippen molar-refractivity contribution in [2.45, 2.75) is 6.10 Å². The van der Waals surface area contributed by atoms with Crippen molar-refractivity contribution in [1.82, 2.24) is 9.80 Å². The molecule has 1 N–H and O–H groups in total. The smallest absolute Gasteiger partial charge is 0.0793 e. The first-order valence-electron chi connectivity index (χ1n) is 3.73. The minimum absolute atomic E-state index is 0.0536. The van der Waals surface area contributed by atoms with Crippen LogP contribution in [0.5, 0.6) is 0 Å². The van der Waals surface area contributed by atoms with E-state index in [1.54, 1.807) is 0 Å². The van der Waals surface area contributed by atoms with Crippen LogP contribution in [0.4, 0.5) is 0 Å². The zero-order valence-corrected chi connectivity index (χ0v) is 6.75. The molecule has 1 saturated heterocycles. The molecule has 0 spiro atoms. The molecule has 3 heteroatoms. The second kappa shape index (κ2) is 3.32. The molecule has 1 aliphatic heterocycles. The molecule has 0 radical (unpaired) electrons. The number of hydrogen-bond acceptors (Lipinski definition) is 3. The average Bonchev–Trinajstić information content (AvgIpc) is 1.77. The van der Waals surface area contributed by atoms with E-state index in [1.807, 2.05) is 0 Å².